The first-order valence-electron chi connectivity index (χ1n) is 7.37. The summed E-state index contributed by atoms with van der Waals surface area (Å²) in [6, 6.07) is 0.216. The maximum Gasteiger partial charge on any atom is 0.307 e. The second-order valence-electron chi connectivity index (χ2n) is 5.83. The third-order valence-corrected chi connectivity index (χ3v) is 3.46. The van der Waals surface area contributed by atoms with E-state index in [9.17, 15) is 4.79 Å². The van der Waals surface area contributed by atoms with Gasteiger partial charge in [-0.2, -0.15) is 0 Å². The molecular formula is C15H32N2O2. The van der Waals surface area contributed by atoms with Crippen LogP contribution in [0.15, 0.2) is 0 Å². The molecule has 0 bridgehead atoms. The number of hydrogen-bond donors (Lipinski definition) is 0. The lowest BCUT2D eigenvalue weighted by molar-refractivity contribution is -0.146. The maximum absolute atomic E-state index is 11.9. The smallest absolute Gasteiger partial charge is 0.307 e. The van der Waals surface area contributed by atoms with Crippen molar-refractivity contribution >= 4 is 5.97 Å². The van der Waals surface area contributed by atoms with Crippen LogP contribution in [0.1, 0.15) is 39.5 Å². The highest BCUT2D eigenvalue weighted by Gasteiger charge is 2.18. The topological polar surface area (TPSA) is 32.8 Å². The molecule has 0 spiro atoms. The minimum absolute atomic E-state index is 0.0740. The van der Waals surface area contributed by atoms with Crippen LogP contribution in [0.5, 0.6) is 0 Å². The molecule has 0 saturated carbocycles. The third kappa shape index (κ3) is 9.00. The van der Waals surface area contributed by atoms with E-state index >= 15 is 0 Å². The number of hydrogen-bond acceptors (Lipinski definition) is 4. The highest BCUT2D eigenvalue weighted by Crippen LogP contribution is 2.12. The molecule has 0 N–H and O–H groups in total. The van der Waals surface area contributed by atoms with Gasteiger partial charge in [-0.1, -0.05) is 26.7 Å². The quantitative estimate of drug-likeness (QED) is 0.571. The first-order chi connectivity index (χ1) is 8.90. The van der Waals surface area contributed by atoms with Gasteiger partial charge in [0.15, 0.2) is 0 Å². The van der Waals surface area contributed by atoms with E-state index in [0.717, 1.165) is 25.8 Å². The molecule has 0 rings (SSSR count). The average molecular weight is 272 g/mol. The van der Waals surface area contributed by atoms with Gasteiger partial charge in [0.05, 0.1) is 13.0 Å². The van der Waals surface area contributed by atoms with Gasteiger partial charge >= 0.3 is 5.97 Å². The van der Waals surface area contributed by atoms with Crippen LogP contribution in [-0.2, 0) is 9.53 Å². The van der Waals surface area contributed by atoms with Gasteiger partial charge in [-0.15, -0.1) is 0 Å². The molecule has 0 radical (unpaired) electrons. The average Bonchev–Trinajstić information content (AvgIpc) is 2.32. The Kier molecular flexibility index (Phi) is 9.88. The zero-order chi connectivity index (χ0) is 14.8. The van der Waals surface area contributed by atoms with Crippen molar-refractivity contribution in [1.29, 1.82) is 0 Å². The van der Waals surface area contributed by atoms with E-state index in [0.29, 0.717) is 18.9 Å². The molecule has 19 heavy (non-hydrogen) atoms. The summed E-state index contributed by atoms with van der Waals surface area (Å²) in [6.07, 6.45) is 3.83. The van der Waals surface area contributed by atoms with E-state index < -0.39 is 0 Å². The summed E-state index contributed by atoms with van der Waals surface area (Å²) in [5.74, 6) is 0.440. The highest BCUT2D eigenvalue weighted by atomic mass is 16.5. The van der Waals surface area contributed by atoms with Crippen LogP contribution in [-0.4, -0.2) is 63.2 Å². The van der Waals surface area contributed by atoms with Crippen LogP contribution in [0, 0.1) is 5.92 Å². The molecule has 0 aromatic rings. The van der Waals surface area contributed by atoms with E-state index in [-0.39, 0.29) is 12.0 Å². The summed E-state index contributed by atoms with van der Waals surface area (Å²) in [5.41, 5.74) is 0. The summed E-state index contributed by atoms with van der Waals surface area (Å²) in [4.78, 5) is 16.1. The van der Waals surface area contributed by atoms with Crippen LogP contribution in [0.4, 0.5) is 0 Å². The molecule has 0 aliphatic heterocycles. The van der Waals surface area contributed by atoms with Crippen LogP contribution in [0.3, 0.4) is 0 Å². The van der Waals surface area contributed by atoms with E-state index in [1.54, 1.807) is 0 Å². The molecule has 2 unspecified atom stereocenters. The molecule has 2 atom stereocenters. The number of rotatable bonds is 10. The van der Waals surface area contributed by atoms with Crippen molar-refractivity contribution in [3.63, 3.8) is 0 Å². The fourth-order valence-electron chi connectivity index (χ4n) is 2.11. The SMILES string of the molecule is CCCC(CC)COC(=O)CC(CN(C)C)N(C)C. The lowest BCUT2D eigenvalue weighted by Crippen LogP contribution is -2.39. The molecular weight excluding hydrogens is 240 g/mol. The van der Waals surface area contributed by atoms with Crippen LogP contribution in [0.2, 0.25) is 0 Å². The summed E-state index contributed by atoms with van der Waals surface area (Å²) < 4.78 is 5.43. The number of ether oxygens (including phenoxy) is 1. The molecule has 0 aromatic heterocycles. The largest absolute Gasteiger partial charge is 0.465 e. The van der Waals surface area contributed by atoms with Crippen molar-refractivity contribution in [3.05, 3.63) is 0 Å². The van der Waals surface area contributed by atoms with Gasteiger partial charge < -0.3 is 14.5 Å². The molecule has 0 fully saturated rings. The number of carbonyl (C=O) groups excluding carboxylic acids is 1. The van der Waals surface area contributed by atoms with E-state index in [4.69, 9.17) is 4.74 Å². The highest BCUT2D eigenvalue weighted by molar-refractivity contribution is 5.70. The second kappa shape index (κ2) is 10.2. The standard InChI is InChI=1S/C15H32N2O2/c1-7-9-13(8-2)12-19-15(18)10-14(17(5)6)11-16(3)4/h13-14H,7-12H2,1-6H3. The number of likely N-dealkylation sites (N-methyl/N-ethyl adjacent to an activating group) is 2. The molecule has 4 nitrogen and oxygen atoms in total. The Hall–Kier alpha value is -0.610. The van der Waals surface area contributed by atoms with Crippen molar-refractivity contribution in [3.8, 4) is 0 Å². The van der Waals surface area contributed by atoms with Crippen molar-refractivity contribution < 1.29 is 9.53 Å². The second-order valence-corrected chi connectivity index (χ2v) is 5.83. The van der Waals surface area contributed by atoms with Gasteiger partial charge in [0.1, 0.15) is 0 Å². The summed E-state index contributed by atoms with van der Waals surface area (Å²) in [5, 5.41) is 0. The van der Waals surface area contributed by atoms with Crippen LogP contribution < -0.4 is 0 Å². The Morgan fingerprint density at radius 3 is 2.21 bits per heavy atom. The Morgan fingerprint density at radius 1 is 1.16 bits per heavy atom. The summed E-state index contributed by atoms with van der Waals surface area (Å²) >= 11 is 0. The monoisotopic (exact) mass is 272 g/mol. The number of esters is 1. The predicted octanol–water partition coefficient (Wildman–Crippen LogP) is 2.24. The maximum atomic E-state index is 11.9. The first kappa shape index (κ1) is 18.4. The van der Waals surface area contributed by atoms with Gasteiger partial charge in [-0.05, 0) is 40.5 Å². The Balaban J connectivity index is 4.11. The van der Waals surface area contributed by atoms with Gasteiger partial charge in [0, 0.05) is 12.6 Å². The molecule has 0 amide bonds. The third-order valence-electron chi connectivity index (χ3n) is 3.46. The minimum Gasteiger partial charge on any atom is -0.465 e. The van der Waals surface area contributed by atoms with Gasteiger partial charge in [0.2, 0.25) is 0 Å². The van der Waals surface area contributed by atoms with E-state index in [2.05, 4.69) is 23.6 Å². The normalized spacial score (nSPS) is 14.7. The summed E-state index contributed by atoms with van der Waals surface area (Å²) in [6.45, 7) is 5.77. The zero-order valence-electron chi connectivity index (χ0n) is 13.6. The minimum atomic E-state index is -0.0740. The Bertz CT molecular complexity index is 242. The molecule has 0 heterocycles. The zero-order valence-corrected chi connectivity index (χ0v) is 13.6. The Labute approximate surface area is 119 Å². The first-order valence-corrected chi connectivity index (χ1v) is 7.37. The number of carbonyl (C=O) groups is 1. The molecule has 0 aliphatic carbocycles. The van der Waals surface area contributed by atoms with Gasteiger partial charge in [-0.25, -0.2) is 0 Å². The van der Waals surface area contributed by atoms with Gasteiger partial charge in [-0.3, -0.25) is 4.79 Å². The van der Waals surface area contributed by atoms with Crippen LogP contribution in [0.25, 0.3) is 0 Å². The van der Waals surface area contributed by atoms with Crippen molar-refractivity contribution in [2.45, 2.75) is 45.6 Å². The molecule has 4 heteroatoms. The summed E-state index contributed by atoms with van der Waals surface area (Å²) in [7, 11) is 8.06. The molecule has 0 saturated heterocycles. The fourth-order valence-corrected chi connectivity index (χ4v) is 2.11. The van der Waals surface area contributed by atoms with Gasteiger partial charge in [0.25, 0.3) is 0 Å². The Morgan fingerprint density at radius 2 is 1.79 bits per heavy atom. The lowest BCUT2D eigenvalue weighted by Gasteiger charge is -2.26. The molecule has 0 aliphatic rings. The number of nitrogens with zero attached hydrogens (tertiary/aromatic N) is 2. The lowest BCUT2D eigenvalue weighted by atomic mass is 10.0. The van der Waals surface area contributed by atoms with Crippen LogP contribution >= 0.6 is 0 Å². The van der Waals surface area contributed by atoms with E-state index in [1.807, 2.05) is 28.2 Å². The van der Waals surface area contributed by atoms with Crippen molar-refractivity contribution in [1.82, 2.24) is 9.80 Å². The molecule has 0 aromatic carbocycles. The fraction of sp³-hybridized carbons (Fsp3) is 0.933. The predicted molar refractivity (Wildman–Crippen MR) is 80.3 cm³/mol. The van der Waals surface area contributed by atoms with E-state index in [1.165, 1.54) is 0 Å². The van der Waals surface area contributed by atoms with Crippen molar-refractivity contribution in [2.75, 3.05) is 41.3 Å². The van der Waals surface area contributed by atoms with Crippen molar-refractivity contribution in [2.24, 2.45) is 5.92 Å². The molecule has 114 valence electrons.